The zero-order valence-corrected chi connectivity index (χ0v) is 12.5. The van der Waals surface area contributed by atoms with Crippen molar-refractivity contribution in [3.8, 4) is 6.07 Å². The van der Waals surface area contributed by atoms with Gasteiger partial charge >= 0.3 is 0 Å². The average Bonchev–Trinajstić information content (AvgIpc) is 2.65. The molecule has 2 nitrogen and oxygen atoms in total. The molecule has 0 aliphatic heterocycles. The molecule has 0 N–H and O–H groups in total. The molecule has 0 saturated carbocycles. The van der Waals surface area contributed by atoms with Crippen molar-refractivity contribution in [2.45, 2.75) is 5.41 Å². The van der Waals surface area contributed by atoms with Gasteiger partial charge < -0.3 is 4.79 Å². The van der Waals surface area contributed by atoms with E-state index in [1.165, 1.54) is 0 Å². The molecule has 0 amide bonds. The lowest BCUT2D eigenvalue weighted by atomic mass is 9.70. The Morgan fingerprint density at radius 1 is 0.696 bits per heavy atom. The van der Waals surface area contributed by atoms with Gasteiger partial charge in [0.1, 0.15) is 11.7 Å². The first-order chi connectivity index (χ1) is 11.3. The quantitative estimate of drug-likeness (QED) is 0.537. The molecule has 0 aliphatic carbocycles. The zero-order chi connectivity index (χ0) is 16.1. The first-order valence-electron chi connectivity index (χ1n) is 7.39. The van der Waals surface area contributed by atoms with Gasteiger partial charge in [-0.25, -0.2) is 0 Å². The van der Waals surface area contributed by atoms with Crippen LogP contribution in [-0.4, -0.2) is 6.29 Å². The summed E-state index contributed by atoms with van der Waals surface area (Å²) in [4.78, 5) is 12.3. The maximum Gasteiger partial charge on any atom is 0.139 e. The van der Waals surface area contributed by atoms with E-state index in [1.54, 1.807) is 12.1 Å². The second-order valence-electron chi connectivity index (χ2n) is 5.35. The molecule has 0 saturated heterocycles. The highest BCUT2D eigenvalue weighted by Crippen LogP contribution is 2.37. The summed E-state index contributed by atoms with van der Waals surface area (Å²) in [5.74, 6) is 0. The number of nitriles is 1. The van der Waals surface area contributed by atoms with E-state index >= 15 is 0 Å². The van der Waals surface area contributed by atoms with Crippen molar-refractivity contribution in [1.29, 1.82) is 5.26 Å². The number of hydrogen-bond donors (Lipinski definition) is 0. The van der Waals surface area contributed by atoms with Crippen molar-refractivity contribution in [2.75, 3.05) is 0 Å². The molecule has 0 atom stereocenters. The van der Waals surface area contributed by atoms with E-state index in [9.17, 15) is 4.79 Å². The lowest BCUT2D eigenvalue weighted by Gasteiger charge is -2.30. The smallest absolute Gasteiger partial charge is 0.139 e. The molecular weight excluding hydrogens is 282 g/mol. The van der Waals surface area contributed by atoms with Crippen LogP contribution in [0.3, 0.4) is 0 Å². The molecule has 23 heavy (non-hydrogen) atoms. The molecule has 110 valence electrons. The Morgan fingerprint density at radius 3 is 1.52 bits per heavy atom. The normalized spacial score (nSPS) is 10.7. The summed E-state index contributed by atoms with van der Waals surface area (Å²) in [6.45, 7) is 0. The third-order valence-corrected chi connectivity index (χ3v) is 4.10. The standard InChI is InChI=1S/C21H15NO/c22-15-17-11-13-20(14-12-17)21(16-23,18-7-3-1-4-8-18)19-9-5-2-6-10-19/h1-14,16H. The molecule has 0 spiro atoms. The van der Waals surface area contributed by atoms with Gasteiger partial charge in [0.25, 0.3) is 0 Å². The van der Waals surface area contributed by atoms with Gasteiger partial charge in [-0.15, -0.1) is 0 Å². The van der Waals surface area contributed by atoms with E-state index < -0.39 is 5.41 Å². The molecule has 3 rings (SSSR count). The Morgan fingerprint density at radius 2 is 1.13 bits per heavy atom. The van der Waals surface area contributed by atoms with Crippen LogP contribution < -0.4 is 0 Å². The number of carbonyl (C=O) groups excluding carboxylic acids is 1. The van der Waals surface area contributed by atoms with Crippen LogP contribution in [0.2, 0.25) is 0 Å². The Kier molecular flexibility index (Phi) is 4.03. The predicted octanol–water partition coefficient (Wildman–Crippen LogP) is 4.09. The second-order valence-corrected chi connectivity index (χ2v) is 5.35. The van der Waals surface area contributed by atoms with Gasteiger partial charge in [0, 0.05) is 0 Å². The SMILES string of the molecule is N#Cc1ccc(C(C=O)(c2ccccc2)c2ccccc2)cc1. The van der Waals surface area contributed by atoms with Crippen LogP contribution in [0.5, 0.6) is 0 Å². The summed E-state index contributed by atoms with van der Waals surface area (Å²) in [6, 6.07) is 28.7. The highest BCUT2D eigenvalue weighted by Gasteiger charge is 2.35. The number of benzene rings is 3. The largest absolute Gasteiger partial charge is 0.302 e. The Hall–Kier alpha value is -3.18. The monoisotopic (exact) mass is 297 g/mol. The summed E-state index contributed by atoms with van der Waals surface area (Å²) >= 11 is 0. The molecule has 0 aromatic heterocycles. The minimum absolute atomic E-state index is 0.578. The lowest BCUT2D eigenvalue weighted by molar-refractivity contribution is -0.110. The maximum atomic E-state index is 12.3. The predicted molar refractivity (Wildman–Crippen MR) is 90.0 cm³/mol. The van der Waals surface area contributed by atoms with Gasteiger partial charge in [-0.2, -0.15) is 5.26 Å². The third-order valence-electron chi connectivity index (χ3n) is 4.10. The Balaban J connectivity index is 2.29. The Bertz CT molecular complexity index is 791. The minimum Gasteiger partial charge on any atom is -0.302 e. The summed E-state index contributed by atoms with van der Waals surface area (Å²) in [5.41, 5.74) is 2.37. The van der Waals surface area contributed by atoms with Gasteiger partial charge in [-0.1, -0.05) is 72.8 Å². The summed E-state index contributed by atoms with van der Waals surface area (Å²) < 4.78 is 0. The number of carbonyl (C=O) groups is 1. The summed E-state index contributed by atoms with van der Waals surface area (Å²) in [5, 5.41) is 9.00. The number of nitrogens with zero attached hydrogens (tertiary/aromatic N) is 1. The van der Waals surface area contributed by atoms with Gasteiger partial charge in [0.05, 0.1) is 11.6 Å². The van der Waals surface area contributed by atoms with E-state index in [0.717, 1.165) is 23.0 Å². The van der Waals surface area contributed by atoms with E-state index in [0.29, 0.717) is 5.56 Å². The van der Waals surface area contributed by atoms with E-state index in [4.69, 9.17) is 5.26 Å². The van der Waals surface area contributed by atoms with E-state index in [2.05, 4.69) is 6.07 Å². The second kappa shape index (κ2) is 6.29. The first-order valence-corrected chi connectivity index (χ1v) is 7.39. The van der Waals surface area contributed by atoms with Gasteiger partial charge in [-0.3, -0.25) is 0 Å². The average molecular weight is 297 g/mol. The highest BCUT2D eigenvalue weighted by atomic mass is 16.1. The molecular formula is C21H15NO. The molecule has 0 heterocycles. The third kappa shape index (κ3) is 2.54. The lowest BCUT2D eigenvalue weighted by Crippen LogP contribution is -2.31. The van der Waals surface area contributed by atoms with Crippen LogP contribution in [0.15, 0.2) is 84.9 Å². The molecule has 0 radical (unpaired) electrons. The van der Waals surface area contributed by atoms with E-state index in [1.807, 2.05) is 72.8 Å². The highest BCUT2D eigenvalue weighted by molar-refractivity contribution is 5.81. The summed E-state index contributed by atoms with van der Waals surface area (Å²) in [6.07, 6.45) is 0.985. The minimum atomic E-state index is -0.878. The maximum absolute atomic E-state index is 12.3. The number of aldehydes is 1. The van der Waals surface area contributed by atoms with Crippen molar-refractivity contribution in [3.63, 3.8) is 0 Å². The topological polar surface area (TPSA) is 40.9 Å². The van der Waals surface area contributed by atoms with Crippen LogP contribution in [-0.2, 0) is 10.2 Å². The van der Waals surface area contributed by atoms with Gasteiger partial charge in [0.15, 0.2) is 0 Å². The fraction of sp³-hybridized carbons (Fsp3) is 0.0476. The molecule has 3 aromatic carbocycles. The van der Waals surface area contributed by atoms with Crippen LogP contribution in [0.25, 0.3) is 0 Å². The van der Waals surface area contributed by atoms with Crippen LogP contribution >= 0.6 is 0 Å². The molecule has 0 fully saturated rings. The fourth-order valence-electron chi connectivity index (χ4n) is 2.91. The zero-order valence-electron chi connectivity index (χ0n) is 12.5. The van der Waals surface area contributed by atoms with Gasteiger partial charge in [-0.05, 0) is 28.8 Å². The van der Waals surface area contributed by atoms with Crippen molar-refractivity contribution in [2.24, 2.45) is 0 Å². The molecule has 0 unspecified atom stereocenters. The number of rotatable bonds is 4. The van der Waals surface area contributed by atoms with Crippen LogP contribution in [0.1, 0.15) is 22.3 Å². The molecule has 0 aliphatic rings. The van der Waals surface area contributed by atoms with Crippen LogP contribution in [0, 0.1) is 11.3 Å². The van der Waals surface area contributed by atoms with Crippen molar-refractivity contribution < 1.29 is 4.79 Å². The fourth-order valence-corrected chi connectivity index (χ4v) is 2.91. The van der Waals surface area contributed by atoms with Crippen molar-refractivity contribution in [3.05, 3.63) is 107 Å². The Labute approximate surface area is 135 Å². The van der Waals surface area contributed by atoms with Crippen LogP contribution in [0.4, 0.5) is 0 Å². The summed E-state index contributed by atoms with van der Waals surface area (Å²) in [7, 11) is 0. The molecule has 0 bridgehead atoms. The van der Waals surface area contributed by atoms with Crippen molar-refractivity contribution >= 4 is 6.29 Å². The molecule has 3 aromatic rings. The first kappa shape index (κ1) is 14.7. The van der Waals surface area contributed by atoms with Crippen molar-refractivity contribution in [1.82, 2.24) is 0 Å². The van der Waals surface area contributed by atoms with E-state index in [-0.39, 0.29) is 0 Å². The van der Waals surface area contributed by atoms with Gasteiger partial charge in [0.2, 0.25) is 0 Å². The number of hydrogen-bond acceptors (Lipinski definition) is 2. The molecule has 2 heteroatoms.